The molecule has 0 spiro atoms. The quantitative estimate of drug-likeness (QED) is 0.0588. The van der Waals surface area contributed by atoms with E-state index in [0.29, 0.717) is 64.5 Å². The molecule has 0 aliphatic carbocycles. The number of carbonyl (C=O) groups is 3. The van der Waals surface area contributed by atoms with Crippen molar-refractivity contribution in [1.82, 2.24) is 30.0 Å². The van der Waals surface area contributed by atoms with Crippen molar-refractivity contribution in [3.63, 3.8) is 0 Å². The lowest BCUT2D eigenvalue weighted by atomic mass is 10.00. The third kappa shape index (κ3) is 12.7. The number of nitrogens with zero attached hydrogens (tertiary/aromatic N) is 6. The number of piperidine rings is 1. The summed E-state index contributed by atoms with van der Waals surface area (Å²) in [6, 6.07) is 19.2. The zero-order valence-electron chi connectivity index (χ0n) is 36.9. The van der Waals surface area contributed by atoms with Gasteiger partial charge in [0.25, 0.3) is 0 Å². The number of hydrogen-bond donors (Lipinski definition) is 3. The van der Waals surface area contributed by atoms with Gasteiger partial charge < -0.3 is 34.9 Å². The number of piperazine rings is 1. The fourth-order valence-electron chi connectivity index (χ4n) is 8.18. The van der Waals surface area contributed by atoms with Crippen LogP contribution in [0.25, 0.3) is 0 Å². The van der Waals surface area contributed by atoms with Gasteiger partial charge in [0.15, 0.2) is 5.82 Å². The topological polar surface area (TPSA) is 152 Å². The lowest BCUT2D eigenvalue weighted by molar-refractivity contribution is -0.121. The molecule has 1 unspecified atom stereocenters. The number of nitrogens with one attached hydrogen (secondary N) is 3. The van der Waals surface area contributed by atoms with Gasteiger partial charge in [0, 0.05) is 106 Å². The van der Waals surface area contributed by atoms with E-state index >= 15 is 0 Å². The first-order valence-corrected chi connectivity index (χ1v) is 24.4. The molecule has 1 atom stereocenters. The highest BCUT2D eigenvalue weighted by atomic mass is 35.5. The van der Waals surface area contributed by atoms with Gasteiger partial charge in [0.05, 0.1) is 30.7 Å². The SMILES string of the molecule is CNC(=O)CCC(C=O)N(C)Cc1c(C#CCCN2CCN(C3CCN(c4ccc(Nc5ncc(Cl)c(Nc6ccccc6P(C)(C)=O)n5)c(OC)c4)CC3)CC2)cccc1C=O. The number of rotatable bonds is 18. The number of para-hydroxylation sites is 1. The molecule has 2 aliphatic rings. The number of methoxy groups -OCH3 is 1. The lowest BCUT2D eigenvalue weighted by Crippen LogP contribution is -2.53. The number of aromatic nitrogens is 2. The van der Waals surface area contributed by atoms with Crippen LogP contribution in [-0.4, -0.2) is 136 Å². The number of likely N-dealkylation sites (N-methyl/N-ethyl adjacent to an activating group) is 1. The molecule has 4 aromatic rings. The van der Waals surface area contributed by atoms with Crippen LogP contribution in [0.2, 0.25) is 5.02 Å². The van der Waals surface area contributed by atoms with E-state index in [0.717, 1.165) is 93.7 Å². The standard InChI is InChI=1S/C47H59ClN9O5P/c1-49-45(60)19-17-38(33-59)54(2)31-39-34(12-10-13-35(39)32-58)11-8-9-22-55-25-27-57(28-26-55)36-20-23-56(24-21-36)37-16-18-41(43(29-37)62-3)52-47-50-30-40(48)46(53-47)51-42-14-6-7-15-44(42)63(4,5)61/h6-7,10,12-16,18,29-30,32-33,36,38H,9,17,19-28,31H2,1-5H3,(H,49,60)(H2,50,51,52,53). The molecule has 6 rings (SSSR count). The first-order valence-electron chi connectivity index (χ1n) is 21.4. The summed E-state index contributed by atoms with van der Waals surface area (Å²) in [4.78, 5) is 54.0. The number of ether oxygens (including phenoxy) is 1. The molecule has 2 saturated heterocycles. The van der Waals surface area contributed by atoms with Gasteiger partial charge in [-0.15, -0.1) is 0 Å². The number of hydrogen-bond acceptors (Lipinski definition) is 13. The van der Waals surface area contributed by atoms with E-state index < -0.39 is 13.2 Å². The van der Waals surface area contributed by atoms with Crippen LogP contribution < -0.4 is 30.9 Å². The first-order chi connectivity index (χ1) is 30.4. The van der Waals surface area contributed by atoms with E-state index in [-0.39, 0.29) is 12.3 Å². The average molecular weight is 896 g/mol. The fraction of sp³-hybridized carbons (Fsp3) is 0.426. The Bertz CT molecular complexity index is 2330. The second-order valence-corrected chi connectivity index (χ2v) is 20.0. The molecule has 1 aromatic heterocycles. The summed E-state index contributed by atoms with van der Waals surface area (Å²) in [7, 11) is 2.51. The minimum absolute atomic E-state index is 0.114. The number of anilines is 5. The van der Waals surface area contributed by atoms with Crippen LogP contribution in [0.5, 0.6) is 5.75 Å². The number of aldehydes is 2. The monoisotopic (exact) mass is 895 g/mol. The summed E-state index contributed by atoms with van der Waals surface area (Å²) in [6.45, 7) is 10.7. The molecule has 14 nitrogen and oxygen atoms in total. The molecular weight excluding hydrogens is 837 g/mol. The predicted octanol–water partition coefficient (Wildman–Crippen LogP) is 6.24. The molecule has 2 aliphatic heterocycles. The fourth-order valence-corrected chi connectivity index (χ4v) is 9.47. The average Bonchev–Trinajstić information content (AvgIpc) is 3.29. The number of carbonyl (C=O) groups excluding carboxylic acids is 3. The van der Waals surface area contributed by atoms with Crippen LogP contribution in [0.15, 0.2) is 66.9 Å². The minimum Gasteiger partial charge on any atom is -0.494 e. The molecule has 3 N–H and O–H groups in total. The summed E-state index contributed by atoms with van der Waals surface area (Å²) in [5, 5.41) is 10.2. The maximum Gasteiger partial charge on any atom is 0.229 e. The molecule has 2 fully saturated rings. The van der Waals surface area contributed by atoms with Gasteiger partial charge in [-0.3, -0.25) is 24.3 Å². The van der Waals surface area contributed by atoms with Crippen LogP contribution >= 0.6 is 18.7 Å². The van der Waals surface area contributed by atoms with E-state index in [4.69, 9.17) is 16.3 Å². The smallest absolute Gasteiger partial charge is 0.229 e. The highest BCUT2D eigenvalue weighted by molar-refractivity contribution is 7.70. The normalized spacial score (nSPS) is 15.6. The number of benzene rings is 3. The summed E-state index contributed by atoms with van der Waals surface area (Å²) < 4.78 is 18.7. The second-order valence-electron chi connectivity index (χ2n) is 16.4. The lowest BCUT2D eigenvalue weighted by Gasteiger charge is -2.43. The van der Waals surface area contributed by atoms with Crippen molar-refractivity contribution in [1.29, 1.82) is 0 Å². The molecule has 0 radical (unpaired) electrons. The molecule has 1 amide bonds. The van der Waals surface area contributed by atoms with Crippen molar-refractivity contribution in [3.05, 3.63) is 88.6 Å². The van der Waals surface area contributed by atoms with Crippen LogP contribution in [0.1, 0.15) is 53.6 Å². The Balaban J connectivity index is 0.973. The summed E-state index contributed by atoms with van der Waals surface area (Å²) in [5.41, 5.74) is 4.63. The van der Waals surface area contributed by atoms with Crippen LogP contribution in [0, 0.1) is 11.8 Å². The Hall–Kier alpha value is -5.29. The summed E-state index contributed by atoms with van der Waals surface area (Å²) in [6.07, 6.45) is 6.74. The van der Waals surface area contributed by atoms with E-state index in [2.05, 4.69) is 64.6 Å². The molecule has 3 aromatic carbocycles. The highest BCUT2D eigenvalue weighted by Crippen LogP contribution is 2.39. The third-order valence-corrected chi connectivity index (χ3v) is 13.7. The zero-order valence-corrected chi connectivity index (χ0v) is 38.6. The number of amides is 1. The minimum atomic E-state index is -2.55. The van der Waals surface area contributed by atoms with E-state index in [1.54, 1.807) is 33.6 Å². The molecular formula is C47H59ClN9O5P. The van der Waals surface area contributed by atoms with Gasteiger partial charge in [-0.25, -0.2) is 4.98 Å². The Morgan fingerprint density at radius 3 is 2.48 bits per heavy atom. The molecule has 3 heterocycles. The van der Waals surface area contributed by atoms with Crippen LogP contribution in [-0.2, 0) is 20.7 Å². The van der Waals surface area contributed by atoms with Crippen LogP contribution in [0.4, 0.5) is 28.8 Å². The highest BCUT2D eigenvalue weighted by Gasteiger charge is 2.28. The number of halogens is 1. The Kier molecular flexibility index (Phi) is 16.8. The van der Waals surface area contributed by atoms with Crippen LogP contribution in [0.3, 0.4) is 0 Å². The van der Waals surface area contributed by atoms with Gasteiger partial charge in [-0.1, -0.05) is 47.7 Å². The van der Waals surface area contributed by atoms with Gasteiger partial charge in [-0.2, -0.15) is 4.98 Å². The summed E-state index contributed by atoms with van der Waals surface area (Å²) >= 11 is 6.49. The molecule has 63 heavy (non-hydrogen) atoms. The van der Waals surface area contributed by atoms with E-state index in [9.17, 15) is 18.9 Å². The first kappa shape index (κ1) is 47.2. The largest absolute Gasteiger partial charge is 0.494 e. The Labute approximate surface area is 376 Å². The van der Waals surface area contributed by atoms with Crippen molar-refractivity contribution in [2.24, 2.45) is 0 Å². The maximum absolute atomic E-state index is 12.9. The van der Waals surface area contributed by atoms with E-state index in [1.165, 1.54) is 6.20 Å². The van der Waals surface area contributed by atoms with Gasteiger partial charge in [0.1, 0.15) is 30.5 Å². The van der Waals surface area contributed by atoms with Crippen molar-refractivity contribution in [2.75, 3.05) is 95.9 Å². The van der Waals surface area contributed by atoms with Crippen molar-refractivity contribution < 1.29 is 23.7 Å². The third-order valence-electron chi connectivity index (χ3n) is 11.9. The van der Waals surface area contributed by atoms with Crippen molar-refractivity contribution in [3.8, 4) is 17.6 Å². The molecule has 334 valence electrons. The molecule has 16 heteroatoms. The van der Waals surface area contributed by atoms with Gasteiger partial charge in [0.2, 0.25) is 11.9 Å². The van der Waals surface area contributed by atoms with Gasteiger partial charge in [-0.05, 0) is 75.5 Å². The van der Waals surface area contributed by atoms with Crippen molar-refractivity contribution >= 4 is 71.4 Å². The maximum atomic E-state index is 12.9. The molecule has 0 saturated carbocycles. The Morgan fingerprint density at radius 1 is 1.02 bits per heavy atom. The second kappa shape index (κ2) is 22.4. The summed E-state index contributed by atoms with van der Waals surface area (Å²) in [5.74, 6) is 7.95. The predicted molar refractivity (Wildman–Crippen MR) is 253 cm³/mol. The van der Waals surface area contributed by atoms with Crippen molar-refractivity contribution in [2.45, 2.75) is 50.7 Å². The van der Waals surface area contributed by atoms with E-state index in [1.807, 2.05) is 54.4 Å². The van der Waals surface area contributed by atoms with Gasteiger partial charge >= 0.3 is 0 Å². The zero-order chi connectivity index (χ0) is 44.9. The Morgan fingerprint density at radius 2 is 1.78 bits per heavy atom. The molecule has 0 bridgehead atoms.